The number of ether oxygens (including phenoxy) is 1. The second-order valence-corrected chi connectivity index (χ2v) is 5.68. The summed E-state index contributed by atoms with van der Waals surface area (Å²) >= 11 is 0. The predicted molar refractivity (Wildman–Crippen MR) is 96.2 cm³/mol. The van der Waals surface area contributed by atoms with Gasteiger partial charge in [-0.3, -0.25) is 9.78 Å². The Morgan fingerprint density at radius 3 is 2.79 bits per heavy atom. The summed E-state index contributed by atoms with van der Waals surface area (Å²) in [7, 11) is 1.58. The monoisotopic (exact) mass is 321 g/mol. The maximum atomic E-state index is 12.3. The summed E-state index contributed by atoms with van der Waals surface area (Å²) in [5, 5.41) is 3.84. The molecule has 122 valence electrons. The Balaban J connectivity index is 1.77. The Morgan fingerprint density at radius 1 is 1.17 bits per heavy atom. The molecule has 3 rings (SSSR count). The zero-order valence-electron chi connectivity index (χ0n) is 13.7. The number of anilines is 2. The van der Waals surface area contributed by atoms with Crippen LogP contribution in [0, 0.1) is 6.92 Å². The Bertz CT molecular complexity index is 906. The minimum absolute atomic E-state index is 0.138. The van der Waals surface area contributed by atoms with E-state index in [1.807, 2.05) is 49.4 Å². The van der Waals surface area contributed by atoms with E-state index in [1.165, 1.54) is 0 Å². The number of methoxy groups -OCH3 is 1. The molecule has 0 aliphatic carbocycles. The summed E-state index contributed by atoms with van der Waals surface area (Å²) in [5.74, 6) is 0.497. The van der Waals surface area contributed by atoms with Gasteiger partial charge in [0, 0.05) is 11.1 Å². The van der Waals surface area contributed by atoms with E-state index < -0.39 is 0 Å². The van der Waals surface area contributed by atoms with E-state index in [0.29, 0.717) is 22.8 Å². The molecule has 5 nitrogen and oxygen atoms in total. The van der Waals surface area contributed by atoms with Gasteiger partial charge in [-0.2, -0.15) is 0 Å². The van der Waals surface area contributed by atoms with E-state index in [4.69, 9.17) is 10.5 Å². The van der Waals surface area contributed by atoms with Crippen molar-refractivity contribution in [3.8, 4) is 5.75 Å². The number of hydrogen-bond donors (Lipinski definition) is 2. The number of benzene rings is 2. The molecule has 0 bridgehead atoms. The zero-order chi connectivity index (χ0) is 17.1. The highest BCUT2D eigenvalue weighted by atomic mass is 16.5. The van der Waals surface area contributed by atoms with Gasteiger partial charge in [0.15, 0.2) is 0 Å². The first kappa shape index (κ1) is 15.8. The lowest BCUT2D eigenvalue weighted by Crippen LogP contribution is -2.15. The summed E-state index contributed by atoms with van der Waals surface area (Å²) < 4.78 is 5.28. The Labute approximate surface area is 140 Å². The Hall–Kier alpha value is -3.08. The molecule has 3 aromatic rings. The van der Waals surface area contributed by atoms with E-state index >= 15 is 0 Å². The average molecular weight is 321 g/mol. The van der Waals surface area contributed by atoms with Crippen molar-refractivity contribution in [2.45, 2.75) is 13.3 Å². The minimum atomic E-state index is -0.138. The molecular formula is C19H19N3O2. The van der Waals surface area contributed by atoms with Crippen LogP contribution in [0.4, 0.5) is 11.4 Å². The molecule has 1 amide bonds. The molecule has 0 unspecified atom stereocenters. The smallest absolute Gasteiger partial charge is 0.230 e. The second kappa shape index (κ2) is 6.58. The lowest BCUT2D eigenvalue weighted by Gasteiger charge is -2.11. The van der Waals surface area contributed by atoms with Crippen LogP contribution in [0.5, 0.6) is 5.75 Å². The summed E-state index contributed by atoms with van der Waals surface area (Å²) in [6, 6.07) is 14.9. The molecule has 1 aromatic heterocycles. The summed E-state index contributed by atoms with van der Waals surface area (Å²) in [4.78, 5) is 16.8. The first-order valence-corrected chi connectivity index (χ1v) is 7.65. The first-order chi connectivity index (χ1) is 11.5. The molecule has 0 spiro atoms. The summed E-state index contributed by atoms with van der Waals surface area (Å²) in [6.45, 7) is 1.96. The normalized spacial score (nSPS) is 10.6. The number of hydrogen-bond acceptors (Lipinski definition) is 4. The van der Waals surface area contributed by atoms with Gasteiger partial charge in [-0.25, -0.2) is 0 Å². The number of amides is 1. The van der Waals surface area contributed by atoms with Gasteiger partial charge in [-0.1, -0.05) is 12.1 Å². The van der Waals surface area contributed by atoms with Crippen LogP contribution in [0.3, 0.4) is 0 Å². The Morgan fingerprint density at radius 2 is 2.00 bits per heavy atom. The van der Waals surface area contributed by atoms with E-state index in [2.05, 4.69) is 10.3 Å². The highest BCUT2D eigenvalue weighted by Crippen LogP contribution is 2.25. The van der Waals surface area contributed by atoms with Crippen LogP contribution in [-0.2, 0) is 11.2 Å². The van der Waals surface area contributed by atoms with Gasteiger partial charge in [0.25, 0.3) is 0 Å². The highest BCUT2D eigenvalue weighted by molar-refractivity contribution is 5.94. The molecular weight excluding hydrogens is 302 g/mol. The van der Waals surface area contributed by atoms with Crippen LogP contribution in [-0.4, -0.2) is 18.0 Å². The second-order valence-electron chi connectivity index (χ2n) is 5.68. The lowest BCUT2D eigenvalue weighted by molar-refractivity contribution is -0.115. The van der Waals surface area contributed by atoms with E-state index in [1.54, 1.807) is 13.2 Å². The molecule has 0 fully saturated rings. The lowest BCUT2D eigenvalue weighted by atomic mass is 10.1. The third-order valence-electron chi connectivity index (χ3n) is 3.74. The molecule has 0 saturated carbocycles. The maximum Gasteiger partial charge on any atom is 0.230 e. The largest absolute Gasteiger partial charge is 0.495 e. The number of nitrogens with zero attached hydrogens (tertiary/aromatic N) is 1. The van der Waals surface area contributed by atoms with E-state index in [-0.39, 0.29) is 12.3 Å². The van der Waals surface area contributed by atoms with Gasteiger partial charge in [-0.15, -0.1) is 0 Å². The molecule has 0 aliphatic heterocycles. The van der Waals surface area contributed by atoms with Crippen molar-refractivity contribution < 1.29 is 9.53 Å². The molecule has 5 heteroatoms. The fraction of sp³-hybridized carbons (Fsp3) is 0.158. The van der Waals surface area contributed by atoms with Gasteiger partial charge < -0.3 is 15.8 Å². The van der Waals surface area contributed by atoms with Crippen LogP contribution in [0.1, 0.15) is 11.3 Å². The maximum absolute atomic E-state index is 12.3. The van der Waals surface area contributed by atoms with Crippen LogP contribution in [0.2, 0.25) is 0 Å². The van der Waals surface area contributed by atoms with Crippen LogP contribution >= 0.6 is 0 Å². The number of fused-ring (bicyclic) bond motifs is 1. The average Bonchev–Trinajstić information content (AvgIpc) is 2.55. The highest BCUT2D eigenvalue weighted by Gasteiger charge is 2.10. The molecule has 0 atom stereocenters. The number of nitrogens with two attached hydrogens (primary N) is 1. The number of aryl methyl sites for hydroxylation is 1. The van der Waals surface area contributed by atoms with E-state index in [0.717, 1.165) is 16.5 Å². The zero-order valence-corrected chi connectivity index (χ0v) is 13.7. The quantitative estimate of drug-likeness (QED) is 0.723. The van der Waals surface area contributed by atoms with Gasteiger partial charge in [0.2, 0.25) is 5.91 Å². The number of rotatable bonds is 4. The first-order valence-electron chi connectivity index (χ1n) is 7.65. The topological polar surface area (TPSA) is 77.2 Å². The molecule has 1 heterocycles. The van der Waals surface area contributed by atoms with Crippen molar-refractivity contribution in [3.63, 3.8) is 0 Å². The Kier molecular flexibility index (Phi) is 4.33. The van der Waals surface area contributed by atoms with Crippen LogP contribution in [0.25, 0.3) is 10.9 Å². The third-order valence-corrected chi connectivity index (χ3v) is 3.74. The molecule has 0 saturated heterocycles. The predicted octanol–water partition coefficient (Wildman–Crippen LogP) is 3.32. The summed E-state index contributed by atoms with van der Waals surface area (Å²) in [5.41, 5.74) is 9.70. The van der Waals surface area contributed by atoms with Crippen molar-refractivity contribution in [3.05, 3.63) is 59.8 Å². The number of nitrogen functional groups attached to an aromatic ring is 1. The van der Waals surface area contributed by atoms with Crippen molar-refractivity contribution in [1.82, 2.24) is 4.98 Å². The van der Waals surface area contributed by atoms with Crippen LogP contribution < -0.4 is 15.8 Å². The molecule has 0 radical (unpaired) electrons. The van der Waals surface area contributed by atoms with Gasteiger partial charge in [-0.05, 0) is 48.9 Å². The van der Waals surface area contributed by atoms with Gasteiger partial charge in [0.05, 0.1) is 30.4 Å². The van der Waals surface area contributed by atoms with Crippen LogP contribution in [0.15, 0.2) is 48.5 Å². The van der Waals surface area contributed by atoms with Crippen molar-refractivity contribution in [1.29, 1.82) is 0 Å². The number of pyridine rings is 1. The molecule has 0 aliphatic rings. The van der Waals surface area contributed by atoms with E-state index in [9.17, 15) is 4.79 Å². The SMILES string of the molecule is COc1ccc(C)cc1NC(=O)Cc1ccc2cc(N)ccc2n1. The van der Waals surface area contributed by atoms with Crippen molar-refractivity contribution >= 4 is 28.2 Å². The number of aromatic nitrogens is 1. The molecule has 3 N–H and O–H groups in total. The number of carbonyl (C=O) groups is 1. The minimum Gasteiger partial charge on any atom is -0.495 e. The van der Waals surface area contributed by atoms with Gasteiger partial charge >= 0.3 is 0 Å². The number of nitrogens with one attached hydrogen (secondary N) is 1. The number of carbonyl (C=O) groups excluding carboxylic acids is 1. The van der Waals surface area contributed by atoms with Gasteiger partial charge in [0.1, 0.15) is 5.75 Å². The third kappa shape index (κ3) is 3.46. The molecule has 24 heavy (non-hydrogen) atoms. The standard InChI is InChI=1S/C19H19N3O2/c1-12-3-8-18(24-2)17(9-12)22-19(23)11-15-6-4-13-10-14(20)5-7-16(13)21-15/h3-10H,11,20H2,1-2H3,(H,22,23). The fourth-order valence-corrected chi connectivity index (χ4v) is 2.56. The molecule has 2 aromatic carbocycles. The summed E-state index contributed by atoms with van der Waals surface area (Å²) in [6.07, 6.45) is 0.192. The van der Waals surface area contributed by atoms with Crippen molar-refractivity contribution in [2.75, 3.05) is 18.2 Å². The van der Waals surface area contributed by atoms with Crippen molar-refractivity contribution in [2.24, 2.45) is 0 Å². The fourth-order valence-electron chi connectivity index (χ4n) is 2.56.